The van der Waals surface area contributed by atoms with Gasteiger partial charge in [0.2, 0.25) is 0 Å². The minimum atomic E-state index is -0.628. The standard InChI is InChI=1S/C32H41N3O5S/c1-19(2)34-14-13-33(31(37)40-32(5,6)7)18-23-27(26-10-9-15-41-26)28-22-17-25(39-20(3)4)24(38-8)16-21(22)11-12-35(28)29(23)30(34)36/h9-10,15-17,19-20H,11-14,18H2,1-8H3. The molecule has 0 saturated heterocycles. The number of methoxy groups -OCH3 is 1. The number of aromatic nitrogens is 1. The van der Waals surface area contributed by atoms with E-state index in [9.17, 15) is 9.59 Å². The van der Waals surface area contributed by atoms with Crippen LogP contribution in [0.1, 0.15) is 70.1 Å². The summed E-state index contributed by atoms with van der Waals surface area (Å²) in [4.78, 5) is 32.5. The number of aryl methyl sites for hydroxylation is 1. The molecule has 0 saturated carbocycles. The Bertz CT molecular complexity index is 1450. The van der Waals surface area contributed by atoms with Crippen molar-refractivity contribution < 1.29 is 23.8 Å². The zero-order chi connectivity index (χ0) is 29.6. The highest BCUT2D eigenvalue weighted by Crippen LogP contribution is 2.48. The van der Waals surface area contributed by atoms with Gasteiger partial charge in [0.1, 0.15) is 11.3 Å². The van der Waals surface area contributed by atoms with Crippen molar-refractivity contribution in [3.05, 3.63) is 46.5 Å². The maximum atomic E-state index is 14.3. The Morgan fingerprint density at radius 1 is 1.02 bits per heavy atom. The minimum Gasteiger partial charge on any atom is -0.493 e. The molecule has 0 aliphatic carbocycles. The molecule has 0 bridgehead atoms. The molecule has 1 aromatic carbocycles. The number of hydrogen-bond acceptors (Lipinski definition) is 6. The van der Waals surface area contributed by atoms with Gasteiger partial charge in [-0.2, -0.15) is 0 Å². The van der Waals surface area contributed by atoms with Gasteiger partial charge in [0.15, 0.2) is 11.5 Å². The molecule has 2 aromatic heterocycles. The van der Waals surface area contributed by atoms with Gasteiger partial charge in [0, 0.05) is 47.2 Å². The summed E-state index contributed by atoms with van der Waals surface area (Å²) in [5.74, 6) is 1.37. The first-order valence-corrected chi connectivity index (χ1v) is 15.2. The van der Waals surface area contributed by atoms with Crippen molar-refractivity contribution in [1.29, 1.82) is 0 Å². The van der Waals surface area contributed by atoms with Gasteiger partial charge < -0.3 is 28.6 Å². The van der Waals surface area contributed by atoms with Crippen LogP contribution in [-0.2, 0) is 24.2 Å². The van der Waals surface area contributed by atoms with Crippen LogP contribution in [0.4, 0.5) is 4.79 Å². The van der Waals surface area contributed by atoms with Gasteiger partial charge >= 0.3 is 6.09 Å². The van der Waals surface area contributed by atoms with Crippen molar-refractivity contribution in [2.24, 2.45) is 0 Å². The van der Waals surface area contributed by atoms with E-state index in [2.05, 4.69) is 22.8 Å². The lowest BCUT2D eigenvalue weighted by atomic mass is 9.94. The van der Waals surface area contributed by atoms with Crippen LogP contribution in [0, 0.1) is 0 Å². The highest BCUT2D eigenvalue weighted by molar-refractivity contribution is 7.13. The Kier molecular flexibility index (Phi) is 7.85. The maximum absolute atomic E-state index is 14.3. The van der Waals surface area contributed by atoms with Gasteiger partial charge in [0.25, 0.3) is 5.91 Å². The number of fused-ring (bicyclic) bond motifs is 5. The summed E-state index contributed by atoms with van der Waals surface area (Å²) in [6.45, 7) is 15.4. The summed E-state index contributed by atoms with van der Waals surface area (Å²) < 4.78 is 19.9. The topological polar surface area (TPSA) is 73.2 Å². The summed E-state index contributed by atoms with van der Waals surface area (Å²) >= 11 is 1.63. The third-order valence-electron chi connectivity index (χ3n) is 7.44. The van der Waals surface area contributed by atoms with Crippen LogP contribution >= 0.6 is 11.3 Å². The highest BCUT2D eigenvalue weighted by atomic mass is 32.1. The van der Waals surface area contributed by atoms with E-state index < -0.39 is 5.60 Å². The molecule has 4 heterocycles. The molecule has 0 spiro atoms. The van der Waals surface area contributed by atoms with Gasteiger partial charge in [-0.15, -0.1) is 11.3 Å². The van der Waals surface area contributed by atoms with Crippen LogP contribution < -0.4 is 9.47 Å². The Hall–Kier alpha value is -3.46. The van der Waals surface area contributed by atoms with Gasteiger partial charge in [-0.1, -0.05) is 6.07 Å². The number of benzene rings is 1. The van der Waals surface area contributed by atoms with Gasteiger partial charge in [-0.25, -0.2) is 4.79 Å². The number of amides is 2. The summed E-state index contributed by atoms with van der Waals surface area (Å²) in [7, 11) is 1.66. The summed E-state index contributed by atoms with van der Waals surface area (Å²) in [5.41, 5.74) is 5.03. The fraction of sp³-hybridized carbons (Fsp3) is 0.500. The van der Waals surface area contributed by atoms with Crippen LogP contribution in [-0.4, -0.2) is 64.3 Å². The SMILES string of the molecule is COc1cc2c(cc1OC(C)C)-c1c(-c3cccs3)c3c(n1CC2)C(=O)N(C(C)C)CCN(C(=O)OC(C)(C)C)C3. The first-order chi connectivity index (χ1) is 19.4. The number of nitrogens with zero attached hydrogens (tertiary/aromatic N) is 3. The Balaban J connectivity index is 1.78. The first kappa shape index (κ1) is 29.0. The van der Waals surface area contributed by atoms with E-state index in [0.717, 1.165) is 39.2 Å². The summed E-state index contributed by atoms with van der Waals surface area (Å²) in [5, 5.41) is 2.05. The van der Waals surface area contributed by atoms with Crippen molar-refractivity contribution in [2.45, 2.75) is 85.7 Å². The maximum Gasteiger partial charge on any atom is 0.410 e. The second-order valence-corrected chi connectivity index (χ2v) is 13.2. The second-order valence-electron chi connectivity index (χ2n) is 12.3. The fourth-order valence-corrected chi connectivity index (χ4v) is 6.54. The van der Waals surface area contributed by atoms with Gasteiger partial charge in [0.05, 0.1) is 25.5 Å². The average molecular weight is 580 g/mol. The smallest absolute Gasteiger partial charge is 0.410 e. The third-order valence-corrected chi connectivity index (χ3v) is 8.33. The fourth-order valence-electron chi connectivity index (χ4n) is 5.74. The van der Waals surface area contributed by atoms with Crippen LogP contribution in [0.3, 0.4) is 0 Å². The first-order valence-electron chi connectivity index (χ1n) is 14.4. The van der Waals surface area contributed by atoms with E-state index >= 15 is 0 Å². The van der Waals surface area contributed by atoms with Gasteiger partial charge in [-0.05, 0) is 84.0 Å². The largest absolute Gasteiger partial charge is 0.493 e. The molecular weight excluding hydrogens is 538 g/mol. The number of hydrogen-bond donors (Lipinski definition) is 0. The second kappa shape index (κ2) is 11.1. The lowest BCUT2D eigenvalue weighted by Gasteiger charge is -2.35. The number of ether oxygens (including phenoxy) is 3. The van der Waals surface area contributed by atoms with E-state index in [0.29, 0.717) is 36.8 Å². The number of carbonyl (C=O) groups is 2. The van der Waals surface area contributed by atoms with Crippen molar-refractivity contribution in [2.75, 3.05) is 20.2 Å². The predicted octanol–water partition coefficient (Wildman–Crippen LogP) is 6.84. The number of carbonyl (C=O) groups excluding carboxylic acids is 2. The molecule has 0 radical (unpaired) electrons. The van der Waals surface area contributed by atoms with E-state index in [4.69, 9.17) is 14.2 Å². The monoisotopic (exact) mass is 579 g/mol. The normalized spacial score (nSPS) is 15.3. The quantitative estimate of drug-likeness (QED) is 0.331. The van der Waals surface area contributed by atoms with Crippen molar-refractivity contribution >= 4 is 23.3 Å². The number of rotatable bonds is 5. The molecule has 0 unspecified atom stereocenters. The molecule has 2 amide bonds. The molecule has 8 nitrogen and oxygen atoms in total. The molecule has 220 valence electrons. The van der Waals surface area contributed by atoms with Crippen LogP contribution in [0.15, 0.2) is 29.6 Å². The van der Waals surface area contributed by atoms with Crippen molar-refractivity contribution in [3.8, 4) is 33.2 Å². The highest BCUT2D eigenvalue weighted by Gasteiger charge is 2.38. The molecule has 9 heteroatoms. The van der Waals surface area contributed by atoms with E-state index in [1.807, 2.05) is 64.8 Å². The molecule has 0 fully saturated rings. The molecule has 0 atom stereocenters. The molecule has 2 aliphatic rings. The van der Waals surface area contributed by atoms with Crippen LogP contribution in [0.5, 0.6) is 11.5 Å². The average Bonchev–Trinajstić information content (AvgIpc) is 3.50. The zero-order valence-corrected chi connectivity index (χ0v) is 26.2. The Labute approximate surface area is 246 Å². The molecular formula is C32H41N3O5S. The molecule has 3 aromatic rings. The minimum absolute atomic E-state index is 0.00138. The van der Waals surface area contributed by atoms with E-state index in [1.54, 1.807) is 23.3 Å². The summed E-state index contributed by atoms with van der Waals surface area (Å²) in [6, 6.07) is 8.20. The third kappa shape index (κ3) is 5.56. The van der Waals surface area contributed by atoms with Crippen molar-refractivity contribution in [3.63, 3.8) is 0 Å². The Morgan fingerprint density at radius 3 is 2.39 bits per heavy atom. The summed E-state index contributed by atoms with van der Waals surface area (Å²) in [6.07, 6.45) is 0.342. The Morgan fingerprint density at radius 2 is 1.78 bits per heavy atom. The van der Waals surface area contributed by atoms with E-state index in [-0.39, 0.29) is 30.7 Å². The molecule has 0 N–H and O–H groups in total. The zero-order valence-electron chi connectivity index (χ0n) is 25.4. The van der Waals surface area contributed by atoms with Crippen LogP contribution in [0.25, 0.3) is 21.7 Å². The van der Waals surface area contributed by atoms with Crippen LogP contribution in [0.2, 0.25) is 0 Å². The molecule has 41 heavy (non-hydrogen) atoms. The van der Waals surface area contributed by atoms with Crippen molar-refractivity contribution in [1.82, 2.24) is 14.4 Å². The predicted molar refractivity (Wildman–Crippen MR) is 162 cm³/mol. The molecule has 5 rings (SSSR count). The molecule has 2 aliphatic heterocycles. The number of thiophene rings is 1. The van der Waals surface area contributed by atoms with E-state index in [1.165, 1.54) is 0 Å². The van der Waals surface area contributed by atoms with Gasteiger partial charge in [-0.3, -0.25) is 4.79 Å². The lowest BCUT2D eigenvalue weighted by molar-refractivity contribution is 0.0191. The lowest BCUT2D eigenvalue weighted by Crippen LogP contribution is -2.47.